The van der Waals surface area contributed by atoms with E-state index in [1.807, 2.05) is 4.90 Å². The SMILES string of the molecule is O=CC1CCN(c2c(Br)cncc2[N+](=O)[O-])CC1. The average Bonchev–Trinajstić information content (AvgIpc) is 2.38. The van der Waals surface area contributed by atoms with E-state index in [4.69, 9.17) is 0 Å². The Hall–Kier alpha value is -1.50. The van der Waals surface area contributed by atoms with E-state index in [0.717, 1.165) is 19.1 Å². The van der Waals surface area contributed by atoms with E-state index < -0.39 is 4.92 Å². The number of rotatable bonds is 3. The van der Waals surface area contributed by atoms with Gasteiger partial charge in [0.2, 0.25) is 0 Å². The number of piperidine rings is 1. The minimum absolute atomic E-state index is 0.00562. The first kappa shape index (κ1) is 12.9. The summed E-state index contributed by atoms with van der Waals surface area (Å²) in [6.07, 6.45) is 5.23. The van der Waals surface area contributed by atoms with E-state index in [1.54, 1.807) is 6.20 Å². The number of hydrogen-bond acceptors (Lipinski definition) is 5. The third-order valence-electron chi connectivity index (χ3n) is 3.10. The first-order valence-corrected chi connectivity index (χ1v) is 6.41. The van der Waals surface area contributed by atoms with Crippen LogP contribution in [-0.2, 0) is 4.79 Å². The topological polar surface area (TPSA) is 76.3 Å². The summed E-state index contributed by atoms with van der Waals surface area (Å²) in [7, 11) is 0. The lowest BCUT2D eigenvalue weighted by Gasteiger charge is -2.31. The van der Waals surface area contributed by atoms with Gasteiger partial charge in [-0.05, 0) is 28.8 Å². The first-order chi connectivity index (χ1) is 8.63. The normalized spacial score (nSPS) is 16.6. The molecule has 0 aromatic carbocycles. The van der Waals surface area contributed by atoms with Crippen LogP contribution in [0.4, 0.5) is 11.4 Å². The Morgan fingerprint density at radius 2 is 2.11 bits per heavy atom. The Bertz CT molecular complexity index is 473. The number of aromatic nitrogens is 1. The molecule has 0 unspecified atom stereocenters. The summed E-state index contributed by atoms with van der Waals surface area (Å²) in [6, 6.07) is 0. The molecule has 0 amide bonds. The largest absolute Gasteiger partial charge is 0.365 e. The molecule has 2 heterocycles. The molecule has 96 valence electrons. The third-order valence-corrected chi connectivity index (χ3v) is 3.68. The minimum atomic E-state index is -0.432. The Labute approximate surface area is 112 Å². The molecule has 0 bridgehead atoms. The second-order valence-electron chi connectivity index (χ2n) is 4.21. The lowest BCUT2D eigenvalue weighted by Crippen LogP contribution is -2.34. The van der Waals surface area contributed by atoms with Crippen LogP contribution in [0.1, 0.15) is 12.8 Å². The highest BCUT2D eigenvalue weighted by Gasteiger charge is 2.26. The molecule has 2 rings (SSSR count). The van der Waals surface area contributed by atoms with Crippen molar-refractivity contribution in [2.45, 2.75) is 12.8 Å². The van der Waals surface area contributed by atoms with E-state index in [-0.39, 0.29) is 11.6 Å². The number of carbonyl (C=O) groups is 1. The number of carbonyl (C=O) groups excluding carboxylic acids is 1. The van der Waals surface area contributed by atoms with E-state index in [2.05, 4.69) is 20.9 Å². The number of pyridine rings is 1. The van der Waals surface area contributed by atoms with E-state index in [9.17, 15) is 14.9 Å². The maximum atomic E-state index is 11.0. The number of aldehydes is 1. The van der Waals surface area contributed by atoms with Crippen molar-refractivity contribution in [2.24, 2.45) is 5.92 Å². The Morgan fingerprint density at radius 1 is 1.44 bits per heavy atom. The van der Waals surface area contributed by atoms with Crippen molar-refractivity contribution in [3.8, 4) is 0 Å². The summed E-state index contributed by atoms with van der Waals surface area (Å²) in [5.74, 6) is 0.0703. The monoisotopic (exact) mass is 313 g/mol. The van der Waals surface area contributed by atoms with Crippen LogP contribution in [-0.4, -0.2) is 29.3 Å². The zero-order valence-electron chi connectivity index (χ0n) is 9.58. The van der Waals surface area contributed by atoms with Gasteiger partial charge in [-0.3, -0.25) is 15.1 Å². The molecule has 0 spiro atoms. The fourth-order valence-electron chi connectivity index (χ4n) is 2.12. The molecule has 0 radical (unpaired) electrons. The summed E-state index contributed by atoms with van der Waals surface area (Å²) in [5.41, 5.74) is 0.549. The molecule has 1 aromatic heterocycles. The highest BCUT2D eigenvalue weighted by Crippen LogP contribution is 2.36. The standard InChI is InChI=1S/C11H12BrN3O3/c12-9-5-13-6-10(15(17)18)11(9)14-3-1-8(7-16)2-4-14/h5-8H,1-4H2. The van der Waals surface area contributed by atoms with Gasteiger partial charge in [-0.2, -0.15) is 0 Å². The first-order valence-electron chi connectivity index (χ1n) is 5.61. The molecule has 0 N–H and O–H groups in total. The number of hydrogen-bond donors (Lipinski definition) is 0. The quantitative estimate of drug-likeness (QED) is 0.485. The van der Waals surface area contributed by atoms with Gasteiger partial charge < -0.3 is 9.69 Å². The van der Waals surface area contributed by atoms with Gasteiger partial charge in [0, 0.05) is 25.2 Å². The van der Waals surface area contributed by atoms with E-state index >= 15 is 0 Å². The van der Waals surface area contributed by atoms with E-state index in [0.29, 0.717) is 23.2 Å². The molecular formula is C11H12BrN3O3. The van der Waals surface area contributed by atoms with Crippen LogP contribution in [0.5, 0.6) is 0 Å². The fourth-order valence-corrected chi connectivity index (χ4v) is 2.70. The zero-order chi connectivity index (χ0) is 13.1. The van der Waals surface area contributed by atoms with Crippen LogP contribution >= 0.6 is 15.9 Å². The molecule has 0 atom stereocenters. The summed E-state index contributed by atoms with van der Waals surface area (Å²) < 4.78 is 0.612. The van der Waals surface area contributed by atoms with Crippen LogP contribution in [0.25, 0.3) is 0 Å². The summed E-state index contributed by atoms with van der Waals surface area (Å²) in [4.78, 5) is 27.0. The molecular weight excluding hydrogens is 302 g/mol. The molecule has 1 aliphatic rings. The Kier molecular flexibility index (Phi) is 3.90. The predicted octanol–water partition coefficient (Wildman–Crippen LogP) is 2.17. The van der Waals surface area contributed by atoms with Crippen molar-refractivity contribution in [3.63, 3.8) is 0 Å². The van der Waals surface area contributed by atoms with Gasteiger partial charge >= 0.3 is 5.69 Å². The number of nitrogens with zero attached hydrogens (tertiary/aromatic N) is 3. The van der Waals surface area contributed by atoms with Gasteiger partial charge in [-0.15, -0.1) is 0 Å². The van der Waals surface area contributed by atoms with Crippen molar-refractivity contribution in [1.29, 1.82) is 0 Å². The molecule has 0 saturated carbocycles. The highest BCUT2D eigenvalue weighted by molar-refractivity contribution is 9.10. The van der Waals surface area contributed by atoms with Gasteiger partial charge in [0.05, 0.1) is 9.40 Å². The highest BCUT2D eigenvalue weighted by atomic mass is 79.9. The van der Waals surface area contributed by atoms with Gasteiger partial charge in [0.1, 0.15) is 18.2 Å². The van der Waals surface area contributed by atoms with Crippen molar-refractivity contribution < 1.29 is 9.72 Å². The minimum Gasteiger partial charge on any atom is -0.365 e. The lowest BCUT2D eigenvalue weighted by atomic mass is 9.98. The molecule has 1 fully saturated rings. The van der Waals surface area contributed by atoms with Gasteiger partial charge in [-0.25, -0.2) is 0 Å². The lowest BCUT2D eigenvalue weighted by molar-refractivity contribution is -0.384. The van der Waals surface area contributed by atoms with Crippen LogP contribution in [0.15, 0.2) is 16.9 Å². The summed E-state index contributed by atoms with van der Waals surface area (Å²) >= 11 is 3.30. The van der Waals surface area contributed by atoms with Gasteiger partial charge in [0.15, 0.2) is 0 Å². The van der Waals surface area contributed by atoms with E-state index in [1.165, 1.54) is 6.20 Å². The molecule has 1 aliphatic heterocycles. The van der Waals surface area contributed by atoms with Crippen molar-refractivity contribution in [3.05, 3.63) is 27.0 Å². The number of nitro groups is 1. The van der Waals surface area contributed by atoms with Gasteiger partial charge in [-0.1, -0.05) is 0 Å². The van der Waals surface area contributed by atoms with Gasteiger partial charge in [0.25, 0.3) is 0 Å². The van der Waals surface area contributed by atoms with Crippen molar-refractivity contribution in [2.75, 3.05) is 18.0 Å². The van der Waals surface area contributed by atoms with Crippen LogP contribution in [0.3, 0.4) is 0 Å². The maximum absolute atomic E-state index is 11.0. The molecule has 6 nitrogen and oxygen atoms in total. The van der Waals surface area contributed by atoms with Crippen LogP contribution < -0.4 is 4.90 Å². The number of anilines is 1. The fraction of sp³-hybridized carbons (Fsp3) is 0.455. The zero-order valence-corrected chi connectivity index (χ0v) is 11.2. The molecule has 1 saturated heterocycles. The van der Waals surface area contributed by atoms with Crippen molar-refractivity contribution >= 4 is 33.6 Å². The summed E-state index contributed by atoms with van der Waals surface area (Å²) in [5, 5.41) is 11.0. The molecule has 0 aliphatic carbocycles. The molecule has 18 heavy (non-hydrogen) atoms. The predicted molar refractivity (Wildman–Crippen MR) is 69.6 cm³/mol. The summed E-state index contributed by atoms with van der Waals surface area (Å²) in [6.45, 7) is 1.29. The van der Waals surface area contributed by atoms with Crippen LogP contribution in [0.2, 0.25) is 0 Å². The maximum Gasteiger partial charge on any atom is 0.311 e. The smallest absolute Gasteiger partial charge is 0.311 e. The third kappa shape index (κ3) is 2.50. The van der Waals surface area contributed by atoms with Crippen LogP contribution in [0, 0.1) is 16.0 Å². The van der Waals surface area contributed by atoms with Crippen molar-refractivity contribution in [1.82, 2.24) is 4.98 Å². The second kappa shape index (κ2) is 5.43. The Morgan fingerprint density at radius 3 is 2.67 bits per heavy atom. The Balaban J connectivity index is 2.28. The molecule has 1 aromatic rings. The second-order valence-corrected chi connectivity index (χ2v) is 5.06. The average molecular weight is 314 g/mol. The number of halogens is 1. The molecule has 7 heteroatoms.